The molecule has 0 radical (unpaired) electrons. The number of nitriles is 1. The van der Waals surface area contributed by atoms with E-state index in [-0.39, 0.29) is 0 Å². The summed E-state index contributed by atoms with van der Waals surface area (Å²) >= 11 is 0. The van der Waals surface area contributed by atoms with Gasteiger partial charge in [-0.25, -0.2) is 0 Å². The van der Waals surface area contributed by atoms with Crippen LogP contribution in [0.3, 0.4) is 0 Å². The monoisotopic (exact) mass is 249 g/mol. The number of ether oxygens (including phenoxy) is 3. The van der Waals surface area contributed by atoms with Crippen molar-refractivity contribution >= 4 is 0 Å². The molecule has 0 bridgehead atoms. The molecule has 0 saturated carbocycles. The van der Waals surface area contributed by atoms with Gasteiger partial charge in [-0.15, -0.1) is 0 Å². The summed E-state index contributed by atoms with van der Waals surface area (Å²) in [7, 11) is 1.67. The maximum absolute atomic E-state index is 8.97. The third kappa shape index (κ3) is 5.17. The van der Waals surface area contributed by atoms with Crippen LogP contribution in [-0.4, -0.2) is 33.5 Å². The predicted molar refractivity (Wildman–Crippen MR) is 68.7 cm³/mol. The third-order valence-corrected chi connectivity index (χ3v) is 2.38. The molecule has 0 aliphatic heterocycles. The summed E-state index contributed by atoms with van der Waals surface area (Å²) in [5.41, 5.74) is 1.61. The number of nitrogens with zero attached hydrogens (tertiary/aromatic N) is 1. The minimum absolute atomic E-state index is 0.449. The zero-order valence-corrected chi connectivity index (χ0v) is 10.9. The van der Waals surface area contributed by atoms with Crippen molar-refractivity contribution in [2.24, 2.45) is 0 Å². The first-order valence-electron chi connectivity index (χ1n) is 5.98. The molecule has 0 aliphatic rings. The van der Waals surface area contributed by atoms with E-state index in [9.17, 15) is 0 Å². The normalized spacial score (nSPS) is 10.1. The molecule has 0 aromatic heterocycles. The van der Waals surface area contributed by atoms with Gasteiger partial charge in [0.2, 0.25) is 0 Å². The number of benzene rings is 1. The average Bonchev–Trinajstić information content (AvgIpc) is 2.39. The number of hydrogen-bond donors (Lipinski definition) is 0. The smallest absolute Gasteiger partial charge is 0.137 e. The van der Waals surface area contributed by atoms with Crippen LogP contribution in [0.15, 0.2) is 18.2 Å². The van der Waals surface area contributed by atoms with Crippen molar-refractivity contribution < 1.29 is 14.2 Å². The Balaban J connectivity index is 2.25. The van der Waals surface area contributed by atoms with Gasteiger partial charge in [0.1, 0.15) is 18.4 Å². The fourth-order valence-corrected chi connectivity index (χ4v) is 1.47. The molecule has 0 atom stereocenters. The summed E-state index contributed by atoms with van der Waals surface area (Å²) in [6.07, 6.45) is 0.879. The molecule has 0 heterocycles. The maximum Gasteiger partial charge on any atom is 0.137 e. The van der Waals surface area contributed by atoms with Crippen LogP contribution in [0, 0.1) is 18.3 Å². The predicted octanol–water partition coefficient (Wildman–Crippen LogP) is 2.30. The Morgan fingerprint density at radius 2 is 2.00 bits per heavy atom. The summed E-state index contributed by atoms with van der Waals surface area (Å²) in [6, 6.07) is 7.68. The van der Waals surface area contributed by atoms with Crippen molar-refractivity contribution in [3.63, 3.8) is 0 Å². The molecule has 98 valence electrons. The second kappa shape index (κ2) is 8.51. The summed E-state index contributed by atoms with van der Waals surface area (Å²) in [4.78, 5) is 0. The molecular weight excluding hydrogens is 230 g/mol. The first kappa shape index (κ1) is 14.5. The van der Waals surface area contributed by atoms with Gasteiger partial charge >= 0.3 is 0 Å². The zero-order chi connectivity index (χ0) is 13.2. The first-order chi connectivity index (χ1) is 8.77. The highest BCUT2D eigenvalue weighted by atomic mass is 16.5. The van der Waals surface area contributed by atoms with E-state index in [1.807, 2.05) is 25.1 Å². The van der Waals surface area contributed by atoms with Crippen LogP contribution >= 0.6 is 0 Å². The van der Waals surface area contributed by atoms with Crippen molar-refractivity contribution in [3.8, 4) is 11.8 Å². The summed E-state index contributed by atoms with van der Waals surface area (Å²) in [5.74, 6) is 0.614. The average molecular weight is 249 g/mol. The van der Waals surface area contributed by atoms with Crippen LogP contribution in [0.1, 0.15) is 17.5 Å². The minimum atomic E-state index is 0.449. The molecular formula is C14H19NO3. The van der Waals surface area contributed by atoms with E-state index in [0.717, 1.165) is 12.0 Å². The number of hydrogen-bond acceptors (Lipinski definition) is 4. The first-order valence-corrected chi connectivity index (χ1v) is 5.98. The highest BCUT2D eigenvalue weighted by molar-refractivity contribution is 5.45. The molecule has 0 N–H and O–H groups in total. The van der Waals surface area contributed by atoms with Crippen LogP contribution in [0.25, 0.3) is 0 Å². The van der Waals surface area contributed by atoms with Crippen LogP contribution in [0.4, 0.5) is 0 Å². The van der Waals surface area contributed by atoms with E-state index in [1.54, 1.807) is 7.11 Å². The second-order valence-electron chi connectivity index (χ2n) is 3.92. The van der Waals surface area contributed by atoms with Crippen molar-refractivity contribution in [1.82, 2.24) is 0 Å². The van der Waals surface area contributed by atoms with Gasteiger partial charge in [-0.1, -0.05) is 6.07 Å². The maximum atomic E-state index is 8.97. The minimum Gasteiger partial charge on any atom is -0.490 e. The summed E-state index contributed by atoms with van der Waals surface area (Å²) < 4.78 is 15.8. The molecule has 4 heteroatoms. The lowest BCUT2D eigenvalue weighted by atomic mass is 10.1. The van der Waals surface area contributed by atoms with E-state index in [2.05, 4.69) is 6.07 Å². The van der Waals surface area contributed by atoms with Crippen LogP contribution in [0.5, 0.6) is 5.75 Å². The fraction of sp³-hybridized carbons (Fsp3) is 0.500. The Kier molecular flexibility index (Phi) is 6.85. The molecule has 4 nitrogen and oxygen atoms in total. The van der Waals surface area contributed by atoms with Crippen molar-refractivity contribution in [2.75, 3.05) is 33.5 Å². The zero-order valence-electron chi connectivity index (χ0n) is 10.9. The number of rotatable bonds is 8. The largest absolute Gasteiger partial charge is 0.490 e. The van der Waals surface area contributed by atoms with Gasteiger partial charge in [0.05, 0.1) is 12.2 Å². The van der Waals surface area contributed by atoms with E-state index in [1.165, 1.54) is 0 Å². The SMILES string of the molecule is COCCCOCCOc1ccc(C)cc1C#N. The van der Waals surface area contributed by atoms with Gasteiger partial charge in [-0.2, -0.15) is 5.26 Å². The Labute approximate surface area is 108 Å². The van der Waals surface area contributed by atoms with Crippen molar-refractivity contribution in [2.45, 2.75) is 13.3 Å². The fourth-order valence-electron chi connectivity index (χ4n) is 1.47. The van der Waals surface area contributed by atoms with Gasteiger partial charge in [-0.3, -0.25) is 0 Å². The molecule has 1 rings (SSSR count). The molecule has 0 spiro atoms. The third-order valence-electron chi connectivity index (χ3n) is 2.38. The highest BCUT2D eigenvalue weighted by Crippen LogP contribution is 2.18. The van der Waals surface area contributed by atoms with E-state index < -0.39 is 0 Å². The molecule has 1 aromatic carbocycles. The van der Waals surface area contributed by atoms with E-state index in [0.29, 0.717) is 37.7 Å². The lowest BCUT2D eigenvalue weighted by Gasteiger charge is -2.08. The van der Waals surface area contributed by atoms with E-state index >= 15 is 0 Å². The van der Waals surface area contributed by atoms with Gasteiger partial charge in [0.25, 0.3) is 0 Å². The quantitative estimate of drug-likeness (QED) is 0.663. The van der Waals surface area contributed by atoms with Crippen molar-refractivity contribution in [1.29, 1.82) is 5.26 Å². The molecule has 0 aliphatic carbocycles. The van der Waals surface area contributed by atoms with Gasteiger partial charge < -0.3 is 14.2 Å². The standard InChI is InChI=1S/C14H19NO3/c1-12-4-5-14(13(10-12)11-15)18-9-8-17-7-3-6-16-2/h4-5,10H,3,6-9H2,1-2H3. The highest BCUT2D eigenvalue weighted by Gasteiger charge is 2.02. The summed E-state index contributed by atoms with van der Waals surface area (Å²) in [5, 5.41) is 8.97. The lowest BCUT2D eigenvalue weighted by Crippen LogP contribution is -2.09. The van der Waals surface area contributed by atoms with Crippen LogP contribution in [0.2, 0.25) is 0 Å². The van der Waals surface area contributed by atoms with Gasteiger partial charge in [0, 0.05) is 20.3 Å². The van der Waals surface area contributed by atoms with Gasteiger partial charge in [0.15, 0.2) is 0 Å². The van der Waals surface area contributed by atoms with E-state index in [4.69, 9.17) is 19.5 Å². The number of aryl methyl sites for hydroxylation is 1. The Bertz CT molecular complexity index is 399. The summed E-state index contributed by atoms with van der Waals surface area (Å²) in [6.45, 7) is 4.28. The second-order valence-corrected chi connectivity index (χ2v) is 3.92. The molecule has 18 heavy (non-hydrogen) atoms. The van der Waals surface area contributed by atoms with Crippen LogP contribution < -0.4 is 4.74 Å². The van der Waals surface area contributed by atoms with Crippen LogP contribution in [-0.2, 0) is 9.47 Å². The molecule has 0 saturated heterocycles. The van der Waals surface area contributed by atoms with Gasteiger partial charge in [-0.05, 0) is 31.0 Å². The Morgan fingerprint density at radius 1 is 1.17 bits per heavy atom. The molecule has 1 aromatic rings. The lowest BCUT2D eigenvalue weighted by molar-refractivity contribution is 0.0806. The molecule has 0 unspecified atom stereocenters. The Morgan fingerprint density at radius 3 is 2.72 bits per heavy atom. The van der Waals surface area contributed by atoms with Crippen molar-refractivity contribution in [3.05, 3.63) is 29.3 Å². The number of methoxy groups -OCH3 is 1. The molecule has 0 amide bonds. The Hall–Kier alpha value is -1.57. The molecule has 0 fully saturated rings. The topological polar surface area (TPSA) is 51.5 Å².